The summed E-state index contributed by atoms with van der Waals surface area (Å²) in [6.07, 6.45) is -4.81. The van der Waals surface area contributed by atoms with E-state index in [2.05, 4.69) is 15.0 Å². The summed E-state index contributed by atoms with van der Waals surface area (Å²) in [7, 11) is 1.43. The van der Waals surface area contributed by atoms with Crippen LogP contribution in [0.1, 0.15) is 16.1 Å². The first-order chi connectivity index (χ1) is 14.5. The Morgan fingerprint density at radius 3 is 2.42 bits per heavy atom. The minimum atomic E-state index is -4.81. The summed E-state index contributed by atoms with van der Waals surface area (Å²) in [5, 5.41) is 3.07. The summed E-state index contributed by atoms with van der Waals surface area (Å²) in [5.41, 5.74) is 1.30. The number of amides is 2. The lowest BCUT2D eigenvalue weighted by molar-refractivity contribution is -0.274. The highest BCUT2D eigenvalue weighted by atomic mass is 19.4. The van der Waals surface area contributed by atoms with E-state index >= 15 is 0 Å². The van der Waals surface area contributed by atoms with Gasteiger partial charge in [-0.15, -0.1) is 13.2 Å². The van der Waals surface area contributed by atoms with Crippen LogP contribution in [0.15, 0.2) is 48.5 Å². The van der Waals surface area contributed by atoms with Gasteiger partial charge in [-0.3, -0.25) is 14.6 Å². The molecule has 0 aliphatic carbocycles. The van der Waals surface area contributed by atoms with E-state index in [0.717, 1.165) is 12.1 Å². The minimum Gasteiger partial charge on any atom is -0.406 e. The molecule has 31 heavy (non-hydrogen) atoms. The number of hydrogen-bond donors (Lipinski definition) is 1. The van der Waals surface area contributed by atoms with Crippen molar-refractivity contribution in [1.82, 2.24) is 9.88 Å². The van der Waals surface area contributed by atoms with Gasteiger partial charge in [0.15, 0.2) is 0 Å². The fourth-order valence-corrected chi connectivity index (χ4v) is 2.89. The zero-order valence-corrected chi connectivity index (χ0v) is 16.5. The van der Waals surface area contributed by atoms with Crippen molar-refractivity contribution in [3.05, 3.63) is 65.6 Å². The number of fused-ring (bicyclic) bond motifs is 1. The molecule has 2 aromatic carbocycles. The molecule has 0 unspecified atom stereocenters. The predicted molar refractivity (Wildman–Crippen MR) is 105 cm³/mol. The third-order valence-corrected chi connectivity index (χ3v) is 4.30. The van der Waals surface area contributed by atoms with E-state index in [-0.39, 0.29) is 17.8 Å². The molecule has 3 rings (SSSR count). The van der Waals surface area contributed by atoms with Gasteiger partial charge in [0.05, 0.1) is 23.3 Å². The van der Waals surface area contributed by atoms with Crippen LogP contribution in [-0.2, 0) is 4.79 Å². The fourth-order valence-electron chi connectivity index (χ4n) is 2.89. The van der Waals surface area contributed by atoms with E-state index in [1.807, 2.05) is 0 Å². The van der Waals surface area contributed by atoms with Gasteiger partial charge < -0.3 is 15.0 Å². The van der Waals surface area contributed by atoms with Crippen LogP contribution in [0.3, 0.4) is 0 Å². The topological polar surface area (TPSA) is 71.5 Å². The van der Waals surface area contributed by atoms with Crippen LogP contribution in [0.4, 0.5) is 23.2 Å². The van der Waals surface area contributed by atoms with Gasteiger partial charge >= 0.3 is 6.36 Å². The Morgan fingerprint density at radius 2 is 1.77 bits per heavy atom. The molecular formula is C21H17F4N3O3. The monoisotopic (exact) mass is 435 g/mol. The second-order valence-electron chi connectivity index (χ2n) is 6.74. The molecule has 0 spiro atoms. The summed E-state index contributed by atoms with van der Waals surface area (Å²) >= 11 is 0. The molecule has 6 nitrogen and oxygen atoms in total. The van der Waals surface area contributed by atoms with Crippen LogP contribution in [0.25, 0.3) is 10.9 Å². The number of carbonyl (C=O) groups is 2. The molecule has 1 aromatic heterocycles. The maximum atomic E-state index is 13.4. The number of hydrogen-bond acceptors (Lipinski definition) is 4. The Labute approximate surface area is 174 Å². The van der Waals surface area contributed by atoms with Gasteiger partial charge in [0.25, 0.3) is 5.91 Å². The quantitative estimate of drug-likeness (QED) is 0.607. The Morgan fingerprint density at radius 1 is 1.10 bits per heavy atom. The number of ether oxygens (including phenoxy) is 1. The van der Waals surface area contributed by atoms with Crippen molar-refractivity contribution in [3.63, 3.8) is 0 Å². The van der Waals surface area contributed by atoms with E-state index in [1.165, 1.54) is 42.3 Å². The number of carbonyl (C=O) groups excluding carboxylic acids is 2. The van der Waals surface area contributed by atoms with Crippen molar-refractivity contribution in [2.24, 2.45) is 0 Å². The van der Waals surface area contributed by atoms with E-state index in [0.29, 0.717) is 16.6 Å². The van der Waals surface area contributed by atoms with Crippen LogP contribution in [0, 0.1) is 12.7 Å². The number of likely N-dealkylation sites (N-methyl/N-ethyl adjacent to an activating group) is 1. The smallest absolute Gasteiger partial charge is 0.406 e. The molecular weight excluding hydrogens is 418 g/mol. The third kappa shape index (κ3) is 5.68. The fraction of sp³-hybridized carbons (Fsp3) is 0.190. The number of aromatic nitrogens is 1. The Bertz CT molecular complexity index is 1130. The molecule has 3 aromatic rings. The van der Waals surface area contributed by atoms with Gasteiger partial charge in [0.2, 0.25) is 5.91 Å². The second kappa shape index (κ2) is 8.58. The van der Waals surface area contributed by atoms with Crippen molar-refractivity contribution in [2.75, 3.05) is 18.9 Å². The molecule has 0 saturated heterocycles. The lowest BCUT2D eigenvalue weighted by Gasteiger charge is -2.18. The number of aryl methyl sites for hydroxylation is 1. The number of rotatable bonds is 5. The number of nitrogens with one attached hydrogen (secondary N) is 1. The highest BCUT2D eigenvalue weighted by Crippen LogP contribution is 2.24. The molecule has 0 atom stereocenters. The zero-order valence-electron chi connectivity index (χ0n) is 16.5. The maximum absolute atomic E-state index is 13.4. The van der Waals surface area contributed by atoms with Gasteiger partial charge in [0.1, 0.15) is 11.6 Å². The molecule has 0 aliphatic heterocycles. The van der Waals surface area contributed by atoms with Crippen molar-refractivity contribution in [3.8, 4) is 5.75 Å². The highest BCUT2D eigenvalue weighted by molar-refractivity contribution is 6.01. The average Bonchev–Trinajstić information content (AvgIpc) is 2.67. The van der Waals surface area contributed by atoms with Crippen LogP contribution in [0.2, 0.25) is 0 Å². The Hall–Kier alpha value is -3.69. The Kier molecular flexibility index (Phi) is 6.09. The first kappa shape index (κ1) is 22.0. The lowest BCUT2D eigenvalue weighted by atomic mass is 10.1. The SMILES string of the molecule is Cc1nc2cc(F)ccc2cc1C(=O)N(C)CC(=O)Nc1ccc(OC(F)(F)F)cc1. The Balaban J connectivity index is 1.65. The van der Waals surface area contributed by atoms with Crippen LogP contribution in [0.5, 0.6) is 5.75 Å². The molecule has 162 valence electrons. The molecule has 0 fully saturated rings. The molecule has 0 aliphatic rings. The lowest BCUT2D eigenvalue weighted by Crippen LogP contribution is -2.35. The van der Waals surface area contributed by atoms with Crippen LogP contribution < -0.4 is 10.1 Å². The number of alkyl halides is 3. The first-order valence-electron chi connectivity index (χ1n) is 9.00. The second-order valence-corrected chi connectivity index (χ2v) is 6.74. The molecule has 2 amide bonds. The first-order valence-corrected chi connectivity index (χ1v) is 9.00. The number of anilines is 1. The van der Waals surface area contributed by atoms with Crippen molar-refractivity contribution in [1.29, 1.82) is 0 Å². The molecule has 0 saturated carbocycles. The van der Waals surface area contributed by atoms with E-state index in [1.54, 1.807) is 13.0 Å². The van der Waals surface area contributed by atoms with Gasteiger partial charge in [-0.1, -0.05) is 0 Å². The number of nitrogens with zero attached hydrogens (tertiary/aromatic N) is 2. The summed E-state index contributed by atoms with van der Waals surface area (Å²) in [4.78, 5) is 30.4. The largest absolute Gasteiger partial charge is 0.573 e. The average molecular weight is 435 g/mol. The van der Waals surface area contributed by atoms with Crippen LogP contribution in [-0.4, -0.2) is 41.7 Å². The summed E-state index contributed by atoms with van der Waals surface area (Å²) < 4.78 is 53.7. The minimum absolute atomic E-state index is 0.242. The van der Waals surface area contributed by atoms with Crippen molar-refractivity contribution >= 4 is 28.4 Å². The zero-order chi connectivity index (χ0) is 22.8. The maximum Gasteiger partial charge on any atom is 0.573 e. The molecule has 0 bridgehead atoms. The van der Waals surface area contributed by atoms with E-state index in [9.17, 15) is 27.2 Å². The van der Waals surface area contributed by atoms with Gasteiger partial charge in [-0.2, -0.15) is 0 Å². The molecule has 1 N–H and O–H groups in total. The standard InChI is InChI=1S/C21H17F4N3O3/c1-12-17(9-13-3-4-14(22)10-18(13)26-12)20(30)28(2)11-19(29)27-15-5-7-16(8-6-15)31-21(23,24)25/h3-10H,11H2,1-2H3,(H,27,29). The number of pyridine rings is 1. The van der Waals surface area contributed by atoms with E-state index in [4.69, 9.17) is 0 Å². The summed E-state index contributed by atoms with van der Waals surface area (Å²) in [6.45, 7) is 1.30. The number of halogens is 4. The van der Waals surface area contributed by atoms with Gasteiger partial charge in [-0.05, 0) is 49.4 Å². The van der Waals surface area contributed by atoms with Crippen molar-refractivity contribution < 1.29 is 31.9 Å². The summed E-state index contributed by atoms with van der Waals surface area (Å²) in [5.74, 6) is -1.86. The van der Waals surface area contributed by atoms with E-state index < -0.39 is 29.7 Å². The molecule has 0 radical (unpaired) electrons. The highest BCUT2D eigenvalue weighted by Gasteiger charge is 2.31. The number of benzene rings is 2. The predicted octanol–water partition coefficient (Wildman–Crippen LogP) is 4.29. The third-order valence-electron chi connectivity index (χ3n) is 4.30. The molecule has 10 heteroatoms. The van der Waals surface area contributed by atoms with Crippen LogP contribution >= 0.6 is 0 Å². The summed E-state index contributed by atoms with van der Waals surface area (Å²) in [6, 6.07) is 10.2. The van der Waals surface area contributed by atoms with Gasteiger partial charge in [0, 0.05) is 24.2 Å². The normalized spacial score (nSPS) is 11.3. The van der Waals surface area contributed by atoms with Crippen molar-refractivity contribution in [2.45, 2.75) is 13.3 Å². The van der Waals surface area contributed by atoms with Gasteiger partial charge in [-0.25, -0.2) is 4.39 Å². The molecule has 1 heterocycles.